The molecule has 2 amide bonds. The second kappa shape index (κ2) is 9.65. The van der Waals surface area contributed by atoms with E-state index in [-0.39, 0.29) is 17.7 Å². The summed E-state index contributed by atoms with van der Waals surface area (Å²) >= 11 is 0. The zero-order chi connectivity index (χ0) is 22.7. The van der Waals surface area contributed by atoms with Gasteiger partial charge in [0.1, 0.15) is 11.6 Å². The lowest BCUT2D eigenvalue weighted by atomic mass is 9.96. The summed E-state index contributed by atoms with van der Waals surface area (Å²) in [6.45, 7) is 4.72. The summed E-state index contributed by atoms with van der Waals surface area (Å²) in [4.78, 5) is 38.4. The first-order valence-corrected chi connectivity index (χ1v) is 11.2. The van der Waals surface area contributed by atoms with Gasteiger partial charge in [-0.2, -0.15) is 0 Å². The Kier molecular flexibility index (Phi) is 6.69. The third-order valence-corrected chi connectivity index (χ3v) is 6.35. The molecular formula is C24H31N5O3. The molecule has 0 saturated carbocycles. The van der Waals surface area contributed by atoms with Gasteiger partial charge in [0, 0.05) is 64.2 Å². The Morgan fingerprint density at radius 2 is 1.94 bits per heavy atom. The van der Waals surface area contributed by atoms with Gasteiger partial charge in [-0.3, -0.25) is 9.59 Å². The average molecular weight is 438 g/mol. The molecule has 1 atom stereocenters. The third-order valence-electron chi connectivity index (χ3n) is 6.35. The molecule has 3 heterocycles. The predicted molar refractivity (Wildman–Crippen MR) is 121 cm³/mol. The summed E-state index contributed by atoms with van der Waals surface area (Å²) in [5.41, 5.74) is 3.69. The van der Waals surface area contributed by atoms with Gasteiger partial charge in [0.05, 0.1) is 18.8 Å². The van der Waals surface area contributed by atoms with Crippen LogP contribution in [0.15, 0.2) is 24.3 Å². The number of ether oxygens (including phenoxy) is 1. The van der Waals surface area contributed by atoms with Crippen molar-refractivity contribution in [1.82, 2.24) is 19.8 Å². The van der Waals surface area contributed by atoms with Crippen LogP contribution in [-0.2, 0) is 29.1 Å². The van der Waals surface area contributed by atoms with Crippen LogP contribution < -0.4 is 5.32 Å². The van der Waals surface area contributed by atoms with Crippen molar-refractivity contribution in [2.24, 2.45) is 0 Å². The Hall–Kier alpha value is -3.00. The van der Waals surface area contributed by atoms with E-state index in [0.29, 0.717) is 38.2 Å². The number of fused-ring (bicyclic) bond motifs is 1. The van der Waals surface area contributed by atoms with Gasteiger partial charge >= 0.3 is 0 Å². The Morgan fingerprint density at radius 3 is 2.62 bits per heavy atom. The molecule has 8 nitrogen and oxygen atoms in total. The Morgan fingerprint density at radius 1 is 1.16 bits per heavy atom. The Labute approximate surface area is 189 Å². The molecule has 0 radical (unpaired) electrons. The molecule has 4 rings (SSSR count). The lowest BCUT2D eigenvalue weighted by Gasteiger charge is -2.33. The number of hydrogen-bond donors (Lipinski definition) is 1. The van der Waals surface area contributed by atoms with Crippen molar-refractivity contribution >= 4 is 17.6 Å². The minimum atomic E-state index is 0.00938. The number of carbonyl (C=O) groups is 2. The normalized spacial score (nSPS) is 18.3. The van der Waals surface area contributed by atoms with Crippen molar-refractivity contribution in [3.05, 3.63) is 52.5 Å². The first-order chi connectivity index (χ1) is 15.5. The fourth-order valence-corrected chi connectivity index (χ4v) is 4.56. The Bertz CT molecular complexity index is 975. The number of nitrogens with zero attached hydrogens (tertiary/aromatic N) is 4. The molecule has 0 aliphatic carbocycles. The molecule has 2 aromatic rings. The number of aromatic nitrogens is 2. The molecule has 1 aromatic heterocycles. The summed E-state index contributed by atoms with van der Waals surface area (Å²) in [6.07, 6.45) is 2.64. The van der Waals surface area contributed by atoms with Crippen molar-refractivity contribution in [2.75, 3.05) is 39.1 Å². The average Bonchev–Trinajstić information content (AvgIpc) is 2.83. The zero-order valence-electron chi connectivity index (χ0n) is 19.1. The van der Waals surface area contributed by atoms with E-state index >= 15 is 0 Å². The van der Waals surface area contributed by atoms with Crippen LogP contribution in [0.2, 0.25) is 0 Å². The van der Waals surface area contributed by atoms with Crippen molar-refractivity contribution < 1.29 is 14.3 Å². The van der Waals surface area contributed by atoms with E-state index in [0.717, 1.165) is 47.8 Å². The number of carbonyl (C=O) groups excluding carboxylic acids is 2. The highest BCUT2D eigenvalue weighted by Crippen LogP contribution is 2.30. The number of amides is 2. The van der Waals surface area contributed by atoms with Crippen molar-refractivity contribution in [1.29, 1.82) is 0 Å². The number of nitrogens with one attached hydrogen (secondary N) is 1. The molecule has 2 aliphatic heterocycles. The summed E-state index contributed by atoms with van der Waals surface area (Å²) in [7, 11) is 3.51. The van der Waals surface area contributed by atoms with Crippen LogP contribution >= 0.6 is 0 Å². The molecule has 0 spiro atoms. The van der Waals surface area contributed by atoms with E-state index in [9.17, 15) is 9.59 Å². The van der Waals surface area contributed by atoms with Crippen molar-refractivity contribution in [2.45, 2.75) is 45.3 Å². The summed E-state index contributed by atoms with van der Waals surface area (Å²) in [6, 6.07) is 7.57. The van der Waals surface area contributed by atoms with Crippen LogP contribution in [0, 0.1) is 0 Å². The zero-order valence-corrected chi connectivity index (χ0v) is 19.1. The van der Waals surface area contributed by atoms with Gasteiger partial charge in [0.25, 0.3) is 5.91 Å². The molecule has 170 valence electrons. The van der Waals surface area contributed by atoms with Crippen molar-refractivity contribution in [3.8, 4) is 0 Å². The molecule has 1 aromatic carbocycles. The molecule has 1 saturated heterocycles. The lowest BCUT2D eigenvalue weighted by Crippen LogP contribution is -2.39. The molecule has 1 fully saturated rings. The van der Waals surface area contributed by atoms with Crippen LogP contribution in [0.5, 0.6) is 0 Å². The number of rotatable bonds is 5. The van der Waals surface area contributed by atoms with Gasteiger partial charge < -0.3 is 19.9 Å². The highest BCUT2D eigenvalue weighted by Gasteiger charge is 2.30. The number of piperidine rings is 1. The van der Waals surface area contributed by atoms with E-state index in [2.05, 4.69) is 5.32 Å². The maximum Gasteiger partial charge on any atom is 0.254 e. The van der Waals surface area contributed by atoms with E-state index < -0.39 is 0 Å². The quantitative estimate of drug-likeness (QED) is 0.774. The molecule has 1 N–H and O–H groups in total. The van der Waals surface area contributed by atoms with Crippen molar-refractivity contribution in [3.63, 3.8) is 0 Å². The van der Waals surface area contributed by atoms with Crippen LogP contribution in [0.3, 0.4) is 0 Å². The van der Waals surface area contributed by atoms with E-state index in [1.54, 1.807) is 14.0 Å². The highest BCUT2D eigenvalue weighted by molar-refractivity contribution is 5.94. The number of hydrogen-bond acceptors (Lipinski definition) is 6. The monoisotopic (exact) mass is 437 g/mol. The fourth-order valence-electron chi connectivity index (χ4n) is 4.56. The van der Waals surface area contributed by atoms with E-state index in [4.69, 9.17) is 14.7 Å². The topological polar surface area (TPSA) is 87.7 Å². The molecule has 1 unspecified atom stereocenters. The predicted octanol–water partition coefficient (Wildman–Crippen LogP) is 2.59. The third kappa shape index (κ3) is 4.60. The number of likely N-dealkylation sites (tertiary alicyclic amines) is 1. The van der Waals surface area contributed by atoms with Gasteiger partial charge in [-0.1, -0.05) is 12.1 Å². The van der Waals surface area contributed by atoms with Crippen LogP contribution in [0.25, 0.3) is 0 Å². The second-order valence-electron chi connectivity index (χ2n) is 8.52. The van der Waals surface area contributed by atoms with Crippen LogP contribution in [0.1, 0.15) is 58.7 Å². The molecule has 2 aliphatic rings. The molecule has 0 bridgehead atoms. The number of anilines is 1. The van der Waals surface area contributed by atoms with Crippen LogP contribution in [-0.4, -0.2) is 65.4 Å². The summed E-state index contributed by atoms with van der Waals surface area (Å²) < 4.78 is 5.14. The smallest absolute Gasteiger partial charge is 0.254 e. The lowest BCUT2D eigenvalue weighted by molar-refractivity contribution is -0.130. The van der Waals surface area contributed by atoms with E-state index in [1.165, 1.54) is 0 Å². The standard InChI is InChI=1S/C24H31N5O3/c1-16(30)28-11-4-5-19(13-28)22-26-21-10-12-29(14-20(21)23(25-2)27-22)24(31)18-8-6-17(7-9-18)15-32-3/h6-9,19H,4-5,10-15H2,1-3H3,(H,25,26,27). The number of benzene rings is 1. The van der Waals surface area contributed by atoms with Crippen LogP contribution in [0.4, 0.5) is 5.82 Å². The summed E-state index contributed by atoms with van der Waals surface area (Å²) in [5.74, 6) is 1.84. The summed E-state index contributed by atoms with van der Waals surface area (Å²) in [5, 5.41) is 3.21. The van der Waals surface area contributed by atoms with Gasteiger partial charge in [-0.05, 0) is 30.5 Å². The fraction of sp³-hybridized carbons (Fsp3) is 0.500. The molecular weight excluding hydrogens is 406 g/mol. The van der Waals surface area contributed by atoms with Gasteiger partial charge in [-0.15, -0.1) is 0 Å². The minimum absolute atomic E-state index is 0.00938. The molecule has 32 heavy (non-hydrogen) atoms. The molecule has 8 heteroatoms. The number of methoxy groups -OCH3 is 1. The maximum absolute atomic E-state index is 13.1. The maximum atomic E-state index is 13.1. The van der Waals surface area contributed by atoms with E-state index in [1.807, 2.05) is 41.1 Å². The highest BCUT2D eigenvalue weighted by atomic mass is 16.5. The van der Waals surface area contributed by atoms with Gasteiger partial charge in [-0.25, -0.2) is 9.97 Å². The Balaban J connectivity index is 1.53. The largest absolute Gasteiger partial charge is 0.380 e. The first-order valence-electron chi connectivity index (χ1n) is 11.2. The van der Waals surface area contributed by atoms with Gasteiger partial charge in [0.2, 0.25) is 5.91 Å². The first kappa shape index (κ1) is 22.2. The second-order valence-corrected chi connectivity index (χ2v) is 8.52. The minimum Gasteiger partial charge on any atom is -0.380 e. The SMILES string of the molecule is CNc1nc(C2CCCN(C(C)=O)C2)nc2c1CN(C(=O)c1ccc(COC)cc1)CC2. The van der Waals surface area contributed by atoms with Gasteiger partial charge in [0.15, 0.2) is 0 Å².